The first-order chi connectivity index (χ1) is 6.13. The van der Waals surface area contributed by atoms with E-state index in [1.807, 2.05) is 4.90 Å². The SMILES string of the molecule is CNC(=O)CN1CCC(C(=O)O)C1. The highest BCUT2D eigenvalue weighted by Crippen LogP contribution is 2.15. The monoisotopic (exact) mass is 186 g/mol. The van der Waals surface area contributed by atoms with Crippen molar-refractivity contribution in [2.24, 2.45) is 5.92 Å². The van der Waals surface area contributed by atoms with Crippen molar-refractivity contribution in [2.45, 2.75) is 6.42 Å². The number of carbonyl (C=O) groups is 2. The van der Waals surface area contributed by atoms with Crippen LogP contribution in [0, 0.1) is 5.92 Å². The summed E-state index contributed by atoms with van der Waals surface area (Å²) >= 11 is 0. The molecule has 0 saturated carbocycles. The predicted molar refractivity (Wildman–Crippen MR) is 46.2 cm³/mol. The van der Waals surface area contributed by atoms with Crippen molar-refractivity contribution in [1.82, 2.24) is 10.2 Å². The summed E-state index contributed by atoms with van der Waals surface area (Å²) in [7, 11) is 1.58. The third kappa shape index (κ3) is 2.69. The first-order valence-corrected chi connectivity index (χ1v) is 4.29. The largest absolute Gasteiger partial charge is 0.481 e. The Bertz CT molecular complexity index is 217. The molecule has 2 N–H and O–H groups in total. The highest BCUT2D eigenvalue weighted by atomic mass is 16.4. The number of nitrogens with zero attached hydrogens (tertiary/aromatic N) is 1. The first-order valence-electron chi connectivity index (χ1n) is 4.29. The highest BCUT2D eigenvalue weighted by Gasteiger charge is 2.28. The Morgan fingerprint density at radius 2 is 2.31 bits per heavy atom. The standard InChI is InChI=1S/C8H14N2O3/c1-9-7(11)5-10-3-2-6(4-10)8(12)13/h6H,2-5H2,1H3,(H,9,11)(H,12,13). The zero-order valence-electron chi connectivity index (χ0n) is 7.62. The summed E-state index contributed by atoms with van der Waals surface area (Å²) in [6.45, 7) is 1.49. The highest BCUT2D eigenvalue weighted by molar-refractivity contribution is 5.78. The van der Waals surface area contributed by atoms with Gasteiger partial charge in [0.1, 0.15) is 0 Å². The fraction of sp³-hybridized carbons (Fsp3) is 0.750. The quantitative estimate of drug-likeness (QED) is 0.601. The summed E-state index contributed by atoms with van der Waals surface area (Å²) in [6, 6.07) is 0. The molecule has 1 saturated heterocycles. The summed E-state index contributed by atoms with van der Waals surface area (Å²) in [5.41, 5.74) is 0. The lowest BCUT2D eigenvalue weighted by Crippen LogP contribution is -2.34. The number of rotatable bonds is 3. The lowest BCUT2D eigenvalue weighted by molar-refractivity contribution is -0.141. The fourth-order valence-electron chi connectivity index (χ4n) is 1.46. The number of aliphatic carboxylic acids is 1. The first kappa shape index (κ1) is 9.98. The van der Waals surface area contributed by atoms with Crippen molar-refractivity contribution >= 4 is 11.9 Å². The average molecular weight is 186 g/mol. The van der Waals surface area contributed by atoms with Gasteiger partial charge in [0.25, 0.3) is 0 Å². The number of nitrogens with one attached hydrogen (secondary N) is 1. The topological polar surface area (TPSA) is 69.6 Å². The van der Waals surface area contributed by atoms with E-state index in [2.05, 4.69) is 5.32 Å². The van der Waals surface area contributed by atoms with Gasteiger partial charge in [-0.05, 0) is 13.0 Å². The van der Waals surface area contributed by atoms with E-state index in [-0.39, 0.29) is 11.8 Å². The number of hydrogen-bond donors (Lipinski definition) is 2. The molecule has 74 valence electrons. The zero-order valence-corrected chi connectivity index (χ0v) is 7.62. The van der Waals surface area contributed by atoms with Gasteiger partial charge in [0.15, 0.2) is 0 Å². The Hall–Kier alpha value is -1.10. The van der Waals surface area contributed by atoms with E-state index in [0.29, 0.717) is 26.1 Å². The van der Waals surface area contributed by atoms with Crippen molar-refractivity contribution in [3.8, 4) is 0 Å². The maximum atomic E-state index is 10.9. The molecule has 0 aromatic heterocycles. The van der Waals surface area contributed by atoms with E-state index in [9.17, 15) is 9.59 Å². The lowest BCUT2D eigenvalue weighted by Gasteiger charge is -2.13. The van der Waals surface area contributed by atoms with Crippen LogP contribution in [0.4, 0.5) is 0 Å². The van der Waals surface area contributed by atoms with Gasteiger partial charge in [0.2, 0.25) is 5.91 Å². The summed E-state index contributed by atoms with van der Waals surface area (Å²) in [4.78, 5) is 23.4. The molecule has 1 unspecified atom stereocenters. The van der Waals surface area contributed by atoms with Gasteiger partial charge in [-0.25, -0.2) is 0 Å². The number of likely N-dealkylation sites (N-methyl/N-ethyl adjacent to an activating group) is 1. The summed E-state index contributed by atoms with van der Waals surface area (Å²) in [5.74, 6) is -1.13. The van der Waals surface area contributed by atoms with Crippen LogP contribution in [0.1, 0.15) is 6.42 Å². The van der Waals surface area contributed by atoms with Crippen molar-refractivity contribution in [2.75, 3.05) is 26.7 Å². The minimum atomic E-state index is -0.764. The van der Waals surface area contributed by atoms with Crippen LogP contribution in [0.5, 0.6) is 0 Å². The molecule has 1 rings (SSSR count). The zero-order chi connectivity index (χ0) is 9.84. The van der Waals surface area contributed by atoms with Gasteiger partial charge >= 0.3 is 5.97 Å². The molecule has 0 aliphatic carbocycles. The fourth-order valence-corrected chi connectivity index (χ4v) is 1.46. The lowest BCUT2D eigenvalue weighted by atomic mass is 10.1. The smallest absolute Gasteiger partial charge is 0.307 e. The van der Waals surface area contributed by atoms with Gasteiger partial charge < -0.3 is 10.4 Å². The van der Waals surface area contributed by atoms with Crippen LogP contribution < -0.4 is 5.32 Å². The second-order valence-electron chi connectivity index (χ2n) is 3.23. The molecule has 0 aromatic carbocycles. The summed E-state index contributed by atoms with van der Waals surface area (Å²) in [5, 5.41) is 11.2. The average Bonchev–Trinajstić information content (AvgIpc) is 2.52. The maximum absolute atomic E-state index is 10.9. The second-order valence-corrected chi connectivity index (χ2v) is 3.23. The number of carbonyl (C=O) groups excluding carboxylic acids is 1. The van der Waals surface area contributed by atoms with Crippen LogP contribution in [0.3, 0.4) is 0 Å². The molecular formula is C8H14N2O3. The molecule has 1 amide bonds. The number of carboxylic acids is 1. The van der Waals surface area contributed by atoms with Crippen molar-refractivity contribution < 1.29 is 14.7 Å². The third-order valence-corrected chi connectivity index (χ3v) is 2.27. The van der Waals surface area contributed by atoms with E-state index >= 15 is 0 Å². The molecule has 0 aromatic rings. The minimum Gasteiger partial charge on any atom is -0.481 e. The van der Waals surface area contributed by atoms with Gasteiger partial charge in [-0.2, -0.15) is 0 Å². The number of likely N-dealkylation sites (tertiary alicyclic amines) is 1. The summed E-state index contributed by atoms with van der Waals surface area (Å²) in [6.07, 6.45) is 0.645. The molecule has 5 nitrogen and oxygen atoms in total. The number of carboxylic acid groups (broad SMARTS) is 1. The molecular weight excluding hydrogens is 172 g/mol. The Labute approximate surface area is 76.7 Å². The number of amides is 1. The molecule has 13 heavy (non-hydrogen) atoms. The van der Waals surface area contributed by atoms with Crippen LogP contribution >= 0.6 is 0 Å². The second kappa shape index (κ2) is 4.23. The molecule has 0 spiro atoms. The minimum absolute atomic E-state index is 0.0639. The molecule has 1 aliphatic rings. The van der Waals surface area contributed by atoms with Gasteiger partial charge in [0, 0.05) is 13.6 Å². The molecule has 1 fully saturated rings. The van der Waals surface area contributed by atoms with E-state index in [1.165, 1.54) is 0 Å². The third-order valence-electron chi connectivity index (χ3n) is 2.27. The molecule has 0 bridgehead atoms. The Morgan fingerprint density at radius 3 is 2.77 bits per heavy atom. The Kier molecular flexibility index (Phi) is 3.25. The van der Waals surface area contributed by atoms with Crippen LogP contribution in [-0.2, 0) is 9.59 Å². The van der Waals surface area contributed by atoms with Crippen LogP contribution in [0.25, 0.3) is 0 Å². The summed E-state index contributed by atoms with van der Waals surface area (Å²) < 4.78 is 0. The molecule has 1 heterocycles. The molecule has 1 atom stereocenters. The van der Waals surface area contributed by atoms with Crippen LogP contribution in [0.15, 0.2) is 0 Å². The molecule has 0 radical (unpaired) electrons. The van der Waals surface area contributed by atoms with Crippen LogP contribution in [-0.4, -0.2) is 48.6 Å². The van der Waals surface area contributed by atoms with Gasteiger partial charge in [-0.1, -0.05) is 0 Å². The van der Waals surface area contributed by atoms with Gasteiger partial charge in [-0.3, -0.25) is 14.5 Å². The van der Waals surface area contributed by atoms with E-state index < -0.39 is 5.97 Å². The van der Waals surface area contributed by atoms with Gasteiger partial charge in [0.05, 0.1) is 12.5 Å². The van der Waals surface area contributed by atoms with Crippen molar-refractivity contribution in [3.05, 3.63) is 0 Å². The normalized spacial score (nSPS) is 23.0. The van der Waals surface area contributed by atoms with Crippen LogP contribution in [0.2, 0.25) is 0 Å². The maximum Gasteiger partial charge on any atom is 0.307 e. The van der Waals surface area contributed by atoms with Crippen molar-refractivity contribution in [1.29, 1.82) is 0 Å². The Balaban J connectivity index is 2.33. The predicted octanol–water partition coefficient (Wildman–Crippen LogP) is -0.861. The van der Waals surface area contributed by atoms with E-state index in [4.69, 9.17) is 5.11 Å². The van der Waals surface area contributed by atoms with Gasteiger partial charge in [-0.15, -0.1) is 0 Å². The Morgan fingerprint density at radius 1 is 1.62 bits per heavy atom. The van der Waals surface area contributed by atoms with Crippen molar-refractivity contribution in [3.63, 3.8) is 0 Å². The van der Waals surface area contributed by atoms with E-state index in [0.717, 1.165) is 0 Å². The molecule has 1 aliphatic heterocycles. The van der Waals surface area contributed by atoms with E-state index in [1.54, 1.807) is 7.05 Å². The number of hydrogen-bond acceptors (Lipinski definition) is 3. The molecule has 5 heteroatoms.